The van der Waals surface area contributed by atoms with E-state index in [9.17, 15) is 4.39 Å². The van der Waals surface area contributed by atoms with Crippen LogP contribution in [0.1, 0.15) is 18.9 Å². The van der Waals surface area contributed by atoms with Crippen molar-refractivity contribution >= 4 is 17.5 Å². The van der Waals surface area contributed by atoms with Gasteiger partial charge in [0.15, 0.2) is 0 Å². The molecule has 0 fully saturated rings. The highest BCUT2D eigenvalue weighted by atomic mass is 35.5. The summed E-state index contributed by atoms with van der Waals surface area (Å²) in [6, 6.07) is 3.95. The van der Waals surface area contributed by atoms with E-state index in [-0.39, 0.29) is 5.02 Å². The van der Waals surface area contributed by atoms with Gasteiger partial charge in [-0.3, -0.25) is 0 Å². The Hall–Kier alpha value is -1.88. The number of hydrogen-bond donors (Lipinski definition) is 1. The van der Waals surface area contributed by atoms with Gasteiger partial charge >= 0.3 is 0 Å². The topological polar surface area (TPSA) is 47.0 Å². The van der Waals surface area contributed by atoms with Gasteiger partial charge in [-0.2, -0.15) is 4.98 Å². The molecule has 6 heteroatoms. The molecule has 2 rings (SSSR count). The number of hydrogen-bond acceptors (Lipinski definition) is 4. The van der Waals surface area contributed by atoms with Crippen LogP contribution in [0.15, 0.2) is 24.4 Å². The summed E-state index contributed by atoms with van der Waals surface area (Å²) in [5.41, 5.74) is 0.771. The summed E-state index contributed by atoms with van der Waals surface area (Å²) >= 11 is 5.93. The number of aryl methyl sites for hydroxylation is 1. The number of nitrogens with zero attached hydrogens (tertiary/aromatic N) is 2. The fraction of sp³-hybridized carbons (Fsp3) is 0.286. The molecule has 4 nitrogen and oxygen atoms in total. The summed E-state index contributed by atoms with van der Waals surface area (Å²) in [6.45, 7) is 4.66. The average Bonchev–Trinajstić information content (AvgIpc) is 2.42. The third kappa shape index (κ3) is 3.57. The van der Waals surface area contributed by atoms with E-state index >= 15 is 0 Å². The van der Waals surface area contributed by atoms with Crippen molar-refractivity contribution in [2.75, 3.05) is 11.9 Å². The number of anilines is 1. The lowest BCUT2D eigenvalue weighted by atomic mass is 10.3. The first kappa shape index (κ1) is 14.5. The van der Waals surface area contributed by atoms with Crippen molar-refractivity contribution in [2.24, 2.45) is 0 Å². The lowest BCUT2D eigenvalue weighted by Gasteiger charge is -2.10. The molecule has 0 saturated heterocycles. The second-order valence-corrected chi connectivity index (χ2v) is 4.69. The standard InChI is InChI=1S/C14H15ClFN3O/c1-3-6-17-14-18-8-9(2)13(19-14)20-12-5-4-10(16)7-11(12)15/h4-5,7-8H,3,6H2,1-2H3,(H,17,18,19). The Balaban J connectivity index is 2.23. The highest BCUT2D eigenvalue weighted by Gasteiger charge is 2.09. The Bertz CT molecular complexity index is 607. The van der Waals surface area contributed by atoms with Crippen LogP contribution < -0.4 is 10.1 Å². The van der Waals surface area contributed by atoms with E-state index in [2.05, 4.69) is 22.2 Å². The predicted octanol–water partition coefficient (Wildman–Crippen LogP) is 4.19. The quantitative estimate of drug-likeness (QED) is 0.898. The summed E-state index contributed by atoms with van der Waals surface area (Å²) < 4.78 is 18.6. The summed E-state index contributed by atoms with van der Waals surface area (Å²) in [4.78, 5) is 8.43. The van der Waals surface area contributed by atoms with E-state index in [1.54, 1.807) is 6.20 Å². The third-order valence-corrected chi connectivity index (χ3v) is 2.85. The number of ether oxygens (including phenoxy) is 1. The molecule has 0 aliphatic rings. The van der Waals surface area contributed by atoms with E-state index in [4.69, 9.17) is 16.3 Å². The van der Waals surface area contributed by atoms with Crippen LogP contribution in [0.2, 0.25) is 5.02 Å². The number of benzene rings is 1. The fourth-order valence-electron chi connectivity index (χ4n) is 1.51. The Morgan fingerprint density at radius 2 is 2.20 bits per heavy atom. The molecule has 1 N–H and O–H groups in total. The number of aromatic nitrogens is 2. The smallest absolute Gasteiger partial charge is 0.227 e. The lowest BCUT2D eigenvalue weighted by Crippen LogP contribution is -2.05. The number of halogens is 2. The van der Waals surface area contributed by atoms with Gasteiger partial charge in [0.25, 0.3) is 0 Å². The lowest BCUT2D eigenvalue weighted by molar-refractivity contribution is 0.457. The van der Waals surface area contributed by atoms with Crippen molar-refractivity contribution in [3.05, 3.63) is 40.8 Å². The Labute approximate surface area is 122 Å². The van der Waals surface area contributed by atoms with Gasteiger partial charge in [-0.1, -0.05) is 18.5 Å². The molecule has 0 spiro atoms. The molecule has 0 atom stereocenters. The van der Waals surface area contributed by atoms with Crippen LogP contribution in [0.3, 0.4) is 0 Å². The van der Waals surface area contributed by atoms with E-state index in [0.29, 0.717) is 17.6 Å². The minimum atomic E-state index is -0.410. The summed E-state index contributed by atoms with van der Waals surface area (Å²) in [5.74, 6) is 0.834. The van der Waals surface area contributed by atoms with Gasteiger partial charge < -0.3 is 10.1 Å². The number of rotatable bonds is 5. The van der Waals surface area contributed by atoms with Crippen molar-refractivity contribution in [1.82, 2.24) is 9.97 Å². The van der Waals surface area contributed by atoms with Crippen LogP contribution in [-0.2, 0) is 0 Å². The molecule has 0 saturated carbocycles. The minimum Gasteiger partial charge on any atom is -0.437 e. The largest absolute Gasteiger partial charge is 0.437 e. The van der Waals surface area contributed by atoms with Gasteiger partial charge in [-0.25, -0.2) is 9.37 Å². The van der Waals surface area contributed by atoms with Crippen LogP contribution in [0.4, 0.5) is 10.3 Å². The van der Waals surface area contributed by atoms with Crippen molar-refractivity contribution in [3.8, 4) is 11.6 Å². The second-order valence-electron chi connectivity index (χ2n) is 4.29. The Morgan fingerprint density at radius 3 is 2.90 bits per heavy atom. The Kier molecular flexibility index (Phi) is 4.74. The summed E-state index contributed by atoms with van der Waals surface area (Å²) in [7, 11) is 0. The zero-order valence-electron chi connectivity index (χ0n) is 11.3. The van der Waals surface area contributed by atoms with Gasteiger partial charge in [0.1, 0.15) is 11.6 Å². The van der Waals surface area contributed by atoms with Crippen molar-refractivity contribution in [1.29, 1.82) is 0 Å². The van der Waals surface area contributed by atoms with Crippen LogP contribution in [0.25, 0.3) is 0 Å². The predicted molar refractivity (Wildman–Crippen MR) is 77.0 cm³/mol. The highest BCUT2D eigenvalue weighted by Crippen LogP contribution is 2.30. The molecular weight excluding hydrogens is 281 g/mol. The molecule has 0 aliphatic carbocycles. The van der Waals surface area contributed by atoms with Gasteiger partial charge in [0.2, 0.25) is 11.8 Å². The minimum absolute atomic E-state index is 0.200. The monoisotopic (exact) mass is 295 g/mol. The number of nitrogens with one attached hydrogen (secondary N) is 1. The molecule has 0 aliphatic heterocycles. The molecule has 0 amide bonds. The van der Waals surface area contributed by atoms with Gasteiger partial charge in [0, 0.05) is 18.3 Å². The highest BCUT2D eigenvalue weighted by molar-refractivity contribution is 6.32. The van der Waals surface area contributed by atoms with Crippen LogP contribution in [0, 0.1) is 12.7 Å². The molecule has 0 unspecified atom stereocenters. The SMILES string of the molecule is CCCNc1ncc(C)c(Oc2ccc(F)cc2Cl)n1. The molecule has 1 aromatic carbocycles. The molecule has 0 radical (unpaired) electrons. The van der Waals surface area contributed by atoms with Gasteiger partial charge in [-0.15, -0.1) is 0 Å². The maximum atomic E-state index is 13.0. The molecule has 2 aromatic rings. The van der Waals surface area contributed by atoms with Crippen LogP contribution in [-0.4, -0.2) is 16.5 Å². The normalized spacial score (nSPS) is 10.4. The molecular formula is C14H15ClFN3O. The van der Waals surface area contributed by atoms with E-state index < -0.39 is 5.82 Å². The van der Waals surface area contributed by atoms with Crippen molar-refractivity contribution in [3.63, 3.8) is 0 Å². The first-order valence-corrected chi connectivity index (χ1v) is 6.68. The van der Waals surface area contributed by atoms with Gasteiger partial charge in [0.05, 0.1) is 5.02 Å². The molecule has 20 heavy (non-hydrogen) atoms. The molecule has 1 heterocycles. The average molecular weight is 296 g/mol. The maximum Gasteiger partial charge on any atom is 0.227 e. The van der Waals surface area contributed by atoms with Crippen molar-refractivity contribution in [2.45, 2.75) is 20.3 Å². The zero-order valence-corrected chi connectivity index (χ0v) is 12.0. The third-order valence-electron chi connectivity index (χ3n) is 2.56. The molecule has 0 bridgehead atoms. The zero-order chi connectivity index (χ0) is 14.5. The van der Waals surface area contributed by atoms with E-state index in [1.165, 1.54) is 18.2 Å². The van der Waals surface area contributed by atoms with Crippen LogP contribution >= 0.6 is 11.6 Å². The first-order chi connectivity index (χ1) is 9.60. The van der Waals surface area contributed by atoms with Crippen LogP contribution in [0.5, 0.6) is 11.6 Å². The van der Waals surface area contributed by atoms with E-state index in [0.717, 1.165) is 18.5 Å². The second kappa shape index (κ2) is 6.52. The maximum absolute atomic E-state index is 13.0. The summed E-state index contributed by atoms with van der Waals surface area (Å²) in [6.07, 6.45) is 2.63. The van der Waals surface area contributed by atoms with E-state index in [1.807, 2.05) is 6.92 Å². The summed E-state index contributed by atoms with van der Waals surface area (Å²) in [5, 5.41) is 3.28. The molecule has 1 aromatic heterocycles. The fourth-order valence-corrected chi connectivity index (χ4v) is 1.72. The first-order valence-electron chi connectivity index (χ1n) is 6.30. The van der Waals surface area contributed by atoms with Crippen molar-refractivity contribution < 1.29 is 9.13 Å². The van der Waals surface area contributed by atoms with Gasteiger partial charge in [-0.05, 0) is 31.5 Å². The molecule has 106 valence electrons. The Morgan fingerprint density at radius 1 is 1.40 bits per heavy atom.